The van der Waals surface area contributed by atoms with Gasteiger partial charge in [-0.2, -0.15) is 4.98 Å². The molecular formula is C14H15BrFN5O5. The molecule has 3 rings (SSSR count). The first-order chi connectivity index (χ1) is 12.3. The van der Waals surface area contributed by atoms with E-state index in [0.29, 0.717) is 0 Å². The molecule has 10 nitrogen and oxygen atoms in total. The zero-order chi connectivity index (χ0) is 19.0. The molecule has 140 valence electrons. The van der Waals surface area contributed by atoms with Crippen LogP contribution in [0, 0.1) is 0 Å². The maximum Gasteiger partial charge on any atom is 0.302 e. The molecule has 2 aromatic heterocycles. The van der Waals surface area contributed by atoms with E-state index in [1.54, 1.807) is 0 Å². The molecule has 2 aromatic rings. The van der Waals surface area contributed by atoms with Crippen molar-refractivity contribution in [3.05, 3.63) is 16.7 Å². The van der Waals surface area contributed by atoms with Gasteiger partial charge in [0, 0.05) is 13.8 Å². The number of aromatic amines is 1. The van der Waals surface area contributed by atoms with E-state index in [2.05, 4.69) is 36.2 Å². The second kappa shape index (κ2) is 7.11. The van der Waals surface area contributed by atoms with Gasteiger partial charge in [0.25, 0.3) is 5.56 Å². The van der Waals surface area contributed by atoms with Gasteiger partial charge in [0.2, 0.25) is 11.9 Å². The van der Waals surface area contributed by atoms with Crippen molar-refractivity contribution in [2.75, 3.05) is 11.9 Å². The molecule has 1 saturated heterocycles. The molecule has 3 heterocycles. The van der Waals surface area contributed by atoms with Crippen LogP contribution in [-0.4, -0.2) is 55.1 Å². The maximum atomic E-state index is 14.5. The van der Waals surface area contributed by atoms with Gasteiger partial charge < -0.3 is 9.47 Å². The molecule has 0 aromatic carbocycles. The van der Waals surface area contributed by atoms with Crippen LogP contribution in [0.1, 0.15) is 20.1 Å². The number of nitrogens with one attached hydrogen (secondary N) is 2. The Morgan fingerprint density at radius 2 is 2.23 bits per heavy atom. The van der Waals surface area contributed by atoms with E-state index in [0.717, 1.165) is 0 Å². The monoisotopic (exact) mass is 431 g/mol. The van der Waals surface area contributed by atoms with Gasteiger partial charge in [-0.1, -0.05) is 15.9 Å². The van der Waals surface area contributed by atoms with E-state index < -0.39 is 40.8 Å². The third-order valence-corrected chi connectivity index (χ3v) is 4.66. The lowest BCUT2D eigenvalue weighted by Crippen LogP contribution is -2.27. The van der Waals surface area contributed by atoms with Crippen molar-refractivity contribution in [3.8, 4) is 0 Å². The lowest BCUT2D eigenvalue weighted by atomic mass is 10.2. The minimum Gasteiger partial charge on any atom is -0.463 e. The van der Waals surface area contributed by atoms with Crippen LogP contribution in [0.2, 0.25) is 0 Å². The third-order valence-electron chi connectivity index (χ3n) is 3.70. The number of anilines is 1. The van der Waals surface area contributed by atoms with Crippen molar-refractivity contribution in [2.24, 2.45) is 0 Å². The van der Waals surface area contributed by atoms with Gasteiger partial charge in [-0.15, -0.1) is 0 Å². The molecule has 0 unspecified atom stereocenters. The summed E-state index contributed by atoms with van der Waals surface area (Å²) in [5.41, 5.74) is -0.427. The van der Waals surface area contributed by atoms with E-state index in [-0.39, 0.29) is 23.7 Å². The minimum absolute atomic E-state index is 0.0150. The fourth-order valence-electron chi connectivity index (χ4n) is 2.58. The van der Waals surface area contributed by atoms with Crippen molar-refractivity contribution in [1.82, 2.24) is 19.5 Å². The summed E-state index contributed by atoms with van der Waals surface area (Å²) in [5, 5.41) is 2.38. The fourth-order valence-corrected chi connectivity index (χ4v) is 3.30. The van der Waals surface area contributed by atoms with Crippen LogP contribution in [-0.2, 0) is 19.1 Å². The van der Waals surface area contributed by atoms with Crippen LogP contribution in [0.15, 0.2) is 11.1 Å². The molecule has 0 spiro atoms. The van der Waals surface area contributed by atoms with Gasteiger partial charge in [-0.25, -0.2) is 9.37 Å². The maximum absolute atomic E-state index is 14.5. The molecule has 2 N–H and O–H groups in total. The van der Waals surface area contributed by atoms with Crippen LogP contribution in [0.4, 0.5) is 10.3 Å². The van der Waals surface area contributed by atoms with Crippen molar-refractivity contribution in [2.45, 2.75) is 37.2 Å². The highest BCUT2D eigenvalue weighted by molar-refractivity contribution is 9.09. The van der Waals surface area contributed by atoms with E-state index in [1.807, 2.05) is 0 Å². The number of aromatic nitrogens is 4. The largest absolute Gasteiger partial charge is 0.463 e. The number of rotatable bonds is 4. The zero-order valence-corrected chi connectivity index (χ0v) is 15.3. The number of esters is 1. The Morgan fingerprint density at radius 3 is 2.88 bits per heavy atom. The lowest BCUT2D eigenvalue weighted by molar-refractivity contribution is -0.146. The highest BCUT2D eigenvalue weighted by Crippen LogP contribution is 2.37. The Kier molecular flexibility index (Phi) is 5.05. The minimum atomic E-state index is -1.46. The first kappa shape index (κ1) is 18.5. The van der Waals surface area contributed by atoms with Crippen LogP contribution in [0.5, 0.6) is 0 Å². The molecular weight excluding hydrogens is 417 g/mol. The van der Waals surface area contributed by atoms with Crippen molar-refractivity contribution < 1.29 is 23.5 Å². The highest BCUT2D eigenvalue weighted by atomic mass is 79.9. The van der Waals surface area contributed by atoms with Crippen LogP contribution in [0.3, 0.4) is 0 Å². The SMILES string of the molecule is CC(=O)Nc1nc2c(ncn2[C@@H]2O[C@H](COC(C)=O)[C@@H](F)[C@@H]2Br)c(=O)[nH]1. The number of carbonyl (C=O) groups excluding carboxylic acids is 2. The van der Waals surface area contributed by atoms with Crippen molar-refractivity contribution >= 4 is 44.9 Å². The van der Waals surface area contributed by atoms with Crippen molar-refractivity contribution in [3.63, 3.8) is 0 Å². The van der Waals surface area contributed by atoms with Crippen LogP contribution in [0.25, 0.3) is 11.2 Å². The summed E-state index contributed by atoms with van der Waals surface area (Å²) in [5.74, 6) is -1.02. The zero-order valence-electron chi connectivity index (χ0n) is 13.7. The summed E-state index contributed by atoms with van der Waals surface area (Å²) in [6.07, 6.45) is -2.03. The molecule has 12 heteroatoms. The summed E-state index contributed by atoms with van der Waals surface area (Å²) in [7, 11) is 0. The molecule has 1 aliphatic rings. The van der Waals surface area contributed by atoms with Gasteiger partial charge >= 0.3 is 5.97 Å². The number of nitrogens with zero attached hydrogens (tertiary/aromatic N) is 3. The average Bonchev–Trinajstić information content (AvgIpc) is 3.08. The lowest BCUT2D eigenvalue weighted by Gasteiger charge is -2.16. The first-order valence-electron chi connectivity index (χ1n) is 7.59. The van der Waals surface area contributed by atoms with Gasteiger partial charge in [0.05, 0.1) is 11.2 Å². The Bertz CT molecular complexity index is 915. The number of carbonyl (C=O) groups is 2. The fraction of sp³-hybridized carbons (Fsp3) is 0.500. The van der Waals surface area contributed by atoms with E-state index in [4.69, 9.17) is 9.47 Å². The summed E-state index contributed by atoms with van der Waals surface area (Å²) in [4.78, 5) is 43.9. The highest BCUT2D eigenvalue weighted by Gasteiger charge is 2.45. The quantitative estimate of drug-likeness (QED) is 0.536. The number of hydrogen-bond donors (Lipinski definition) is 2. The first-order valence-corrected chi connectivity index (χ1v) is 8.51. The Balaban J connectivity index is 1.94. The second-order valence-electron chi connectivity index (χ2n) is 5.68. The van der Waals surface area contributed by atoms with E-state index >= 15 is 0 Å². The normalized spacial score (nSPS) is 25.4. The Morgan fingerprint density at radius 1 is 1.50 bits per heavy atom. The molecule has 0 bridgehead atoms. The topological polar surface area (TPSA) is 128 Å². The smallest absolute Gasteiger partial charge is 0.302 e. The number of imidazole rings is 1. The summed E-state index contributed by atoms with van der Waals surface area (Å²) in [6, 6.07) is 0. The molecule has 1 amide bonds. The molecule has 0 saturated carbocycles. The number of fused-ring (bicyclic) bond motifs is 1. The van der Waals surface area contributed by atoms with Gasteiger partial charge in [0.1, 0.15) is 18.9 Å². The van der Waals surface area contributed by atoms with E-state index in [9.17, 15) is 18.8 Å². The van der Waals surface area contributed by atoms with Crippen LogP contribution < -0.4 is 10.9 Å². The van der Waals surface area contributed by atoms with E-state index in [1.165, 1.54) is 24.7 Å². The number of ether oxygens (including phenoxy) is 2. The summed E-state index contributed by atoms with van der Waals surface area (Å²) < 4.78 is 26.3. The number of halogens is 2. The number of amides is 1. The molecule has 1 aliphatic heterocycles. The predicted molar refractivity (Wildman–Crippen MR) is 90.6 cm³/mol. The standard InChI is InChI=1S/C14H15BrFN5O5/c1-5(22)18-14-19-11-10(12(24)20-14)17-4-21(11)13-8(15)9(16)7(26-13)3-25-6(2)23/h4,7-9,13H,3H2,1-2H3,(H2,18,19,20,22,24)/t7-,8+,9-,13-/m1/s1. The van der Waals surface area contributed by atoms with Gasteiger partial charge in [-0.05, 0) is 0 Å². The number of H-pyrrole nitrogens is 1. The summed E-state index contributed by atoms with van der Waals surface area (Å²) >= 11 is 3.23. The molecule has 1 fully saturated rings. The van der Waals surface area contributed by atoms with Crippen molar-refractivity contribution in [1.29, 1.82) is 0 Å². The summed E-state index contributed by atoms with van der Waals surface area (Å²) in [6.45, 7) is 2.24. The molecule has 4 atom stereocenters. The van der Waals surface area contributed by atoms with Gasteiger partial charge in [-0.3, -0.25) is 29.3 Å². The average molecular weight is 432 g/mol. The molecule has 26 heavy (non-hydrogen) atoms. The second-order valence-corrected chi connectivity index (χ2v) is 6.73. The third kappa shape index (κ3) is 3.46. The Hall–Kier alpha value is -2.34. The Labute approximate surface area is 154 Å². The number of hydrogen-bond acceptors (Lipinski definition) is 7. The van der Waals surface area contributed by atoms with Crippen LogP contribution >= 0.6 is 15.9 Å². The number of alkyl halides is 2. The predicted octanol–water partition coefficient (Wildman–Crippen LogP) is 0.640. The molecule has 0 radical (unpaired) electrons. The van der Waals surface area contributed by atoms with Gasteiger partial charge in [0.15, 0.2) is 17.4 Å². The molecule has 0 aliphatic carbocycles.